The predicted octanol–water partition coefficient (Wildman–Crippen LogP) is 3.63. The number of nitrogens with zero attached hydrogens (tertiary/aromatic N) is 1. The Morgan fingerprint density at radius 2 is 2.00 bits per heavy atom. The number of hydrogen-bond acceptors (Lipinski definition) is 3. The lowest BCUT2D eigenvalue weighted by molar-refractivity contribution is -0.117. The Balaban J connectivity index is 1.64. The van der Waals surface area contributed by atoms with Gasteiger partial charge in [0.2, 0.25) is 11.8 Å². The molecule has 0 unspecified atom stereocenters. The molecule has 24 heavy (non-hydrogen) atoms. The van der Waals surface area contributed by atoms with Gasteiger partial charge in [0.1, 0.15) is 0 Å². The van der Waals surface area contributed by atoms with E-state index in [1.165, 1.54) is 0 Å². The van der Waals surface area contributed by atoms with E-state index in [4.69, 9.17) is 0 Å². The molecule has 0 bridgehead atoms. The summed E-state index contributed by atoms with van der Waals surface area (Å²) in [7, 11) is 0. The molecule has 0 aromatic heterocycles. The molecular weight excluding hydrogens is 370 g/mol. The Morgan fingerprint density at radius 1 is 1.17 bits per heavy atom. The van der Waals surface area contributed by atoms with Crippen molar-refractivity contribution in [1.29, 1.82) is 0 Å². The second kappa shape index (κ2) is 7.49. The summed E-state index contributed by atoms with van der Waals surface area (Å²) in [6, 6.07) is 15.0. The first-order valence-corrected chi connectivity index (χ1v) is 8.61. The number of hydrogen-bond donors (Lipinski definition) is 2. The Kier molecular flexibility index (Phi) is 5.15. The molecule has 6 heteroatoms. The molecule has 2 amide bonds. The van der Waals surface area contributed by atoms with Crippen LogP contribution in [0.4, 0.5) is 17.1 Å². The second-order valence-electron chi connectivity index (χ2n) is 5.58. The van der Waals surface area contributed by atoms with Gasteiger partial charge in [-0.3, -0.25) is 9.59 Å². The summed E-state index contributed by atoms with van der Waals surface area (Å²) < 4.78 is 0.908. The monoisotopic (exact) mass is 387 g/mol. The third-order valence-corrected chi connectivity index (χ3v) is 4.31. The Bertz CT molecular complexity index is 763. The van der Waals surface area contributed by atoms with Gasteiger partial charge in [-0.1, -0.05) is 34.1 Å². The average Bonchev–Trinajstić information content (AvgIpc) is 2.99. The van der Waals surface area contributed by atoms with Gasteiger partial charge in [-0.05, 0) is 36.8 Å². The molecule has 0 atom stereocenters. The van der Waals surface area contributed by atoms with Gasteiger partial charge in [-0.2, -0.15) is 0 Å². The van der Waals surface area contributed by atoms with Crippen LogP contribution in [0.3, 0.4) is 0 Å². The van der Waals surface area contributed by atoms with Crippen molar-refractivity contribution in [3.05, 3.63) is 53.0 Å². The molecule has 0 saturated carbocycles. The maximum Gasteiger partial charge on any atom is 0.243 e. The van der Waals surface area contributed by atoms with E-state index in [0.29, 0.717) is 6.42 Å². The largest absolute Gasteiger partial charge is 0.374 e. The van der Waals surface area contributed by atoms with Crippen molar-refractivity contribution in [3.8, 4) is 0 Å². The van der Waals surface area contributed by atoms with Crippen molar-refractivity contribution in [1.82, 2.24) is 0 Å². The fourth-order valence-electron chi connectivity index (χ4n) is 2.71. The summed E-state index contributed by atoms with van der Waals surface area (Å²) in [5.74, 6) is -0.0153. The molecule has 2 N–H and O–H groups in total. The third kappa shape index (κ3) is 3.94. The number of amides is 2. The van der Waals surface area contributed by atoms with Gasteiger partial charge < -0.3 is 15.5 Å². The fourth-order valence-corrected chi connectivity index (χ4v) is 3.11. The summed E-state index contributed by atoms with van der Waals surface area (Å²) >= 11 is 3.38. The molecule has 1 saturated heterocycles. The highest BCUT2D eigenvalue weighted by Gasteiger charge is 2.23. The van der Waals surface area contributed by atoms with Gasteiger partial charge in [-0.15, -0.1) is 0 Å². The summed E-state index contributed by atoms with van der Waals surface area (Å²) in [6.45, 7) is 0.854. The highest BCUT2D eigenvalue weighted by molar-refractivity contribution is 9.10. The zero-order chi connectivity index (χ0) is 16.9. The van der Waals surface area contributed by atoms with Crippen LogP contribution in [0.15, 0.2) is 53.0 Å². The van der Waals surface area contributed by atoms with Gasteiger partial charge in [0.05, 0.1) is 17.9 Å². The second-order valence-corrected chi connectivity index (χ2v) is 6.49. The molecule has 0 radical (unpaired) electrons. The van der Waals surface area contributed by atoms with E-state index in [1.807, 2.05) is 48.5 Å². The molecule has 1 aliphatic rings. The Hall–Kier alpha value is -2.34. The van der Waals surface area contributed by atoms with Gasteiger partial charge >= 0.3 is 0 Å². The minimum absolute atomic E-state index is 0.128. The first-order valence-electron chi connectivity index (χ1n) is 7.82. The third-order valence-electron chi connectivity index (χ3n) is 3.82. The minimum atomic E-state index is -0.143. The van der Waals surface area contributed by atoms with Gasteiger partial charge in [-0.25, -0.2) is 0 Å². The maximum absolute atomic E-state index is 12.1. The standard InChI is InChI=1S/C18H18BrN3O2/c19-13-5-3-6-14(11-13)21-17(23)12-20-15-7-1-2-8-16(15)22-10-4-9-18(22)24/h1-3,5-8,11,20H,4,9-10,12H2,(H,21,23). The van der Waals surface area contributed by atoms with Crippen molar-refractivity contribution < 1.29 is 9.59 Å². The lowest BCUT2D eigenvalue weighted by Gasteiger charge is -2.20. The topological polar surface area (TPSA) is 61.4 Å². The lowest BCUT2D eigenvalue weighted by atomic mass is 10.2. The molecule has 124 valence electrons. The number of nitrogens with one attached hydrogen (secondary N) is 2. The van der Waals surface area contributed by atoms with Crippen molar-refractivity contribution in [2.24, 2.45) is 0 Å². The van der Waals surface area contributed by atoms with E-state index in [-0.39, 0.29) is 18.4 Å². The molecule has 1 heterocycles. The van der Waals surface area contributed by atoms with Crippen LogP contribution in [-0.2, 0) is 9.59 Å². The van der Waals surface area contributed by atoms with E-state index in [0.717, 1.165) is 34.5 Å². The summed E-state index contributed by atoms with van der Waals surface area (Å²) in [6.07, 6.45) is 1.45. The lowest BCUT2D eigenvalue weighted by Crippen LogP contribution is -2.26. The molecule has 1 fully saturated rings. The number of rotatable bonds is 5. The Labute approximate surface area is 149 Å². The van der Waals surface area contributed by atoms with Gasteiger partial charge in [0.25, 0.3) is 0 Å². The number of carbonyl (C=O) groups excluding carboxylic acids is 2. The maximum atomic E-state index is 12.1. The summed E-state index contributed by atoms with van der Waals surface area (Å²) in [5.41, 5.74) is 2.35. The number of halogens is 1. The van der Waals surface area contributed by atoms with Crippen molar-refractivity contribution in [3.63, 3.8) is 0 Å². The van der Waals surface area contributed by atoms with E-state index >= 15 is 0 Å². The van der Waals surface area contributed by atoms with Crippen LogP contribution in [0.1, 0.15) is 12.8 Å². The van der Waals surface area contributed by atoms with Gasteiger partial charge in [0.15, 0.2) is 0 Å². The summed E-state index contributed by atoms with van der Waals surface area (Å²) in [4.78, 5) is 25.8. The molecular formula is C18H18BrN3O2. The Morgan fingerprint density at radius 3 is 2.75 bits per heavy atom. The molecule has 0 aliphatic carbocycles. The highest BCUT2D eigenvalue weighted by Crippen LogP contribution is 2.29. The van der Waals surface area contributed by atoms with Crippen LogP contribution in [-0.4, -0.2) is 24.9 Å². The number of anilines is 3. The number of benzene rings is 2. The van der Waals surface area contributed by atoms with Crippen LogP contribution in [0.2, 0.25) is 0 Å². The minimum Gasteiger partial charge on any atom is -0.374 e. The highest BCUT2D eigenvalue weighted by atomic mass is 79.9. The normalized spacial score (nSPS) is 13.9. The molecule has 2 aromatic rings. The average molecular weight is 388 g/mol. The molecule has 5 nitrogen and oxygen atoms in total. The number of carbonyl (C=O) groups is 2. The fraction of sp³-hybridized carbons (Fsp3) is 0.222. The smallest absolute Gasteiger partial charge is 0.243 e. The molecule has 2 aromatic carbocycles. The van der Waals surface area contributed by atoms with Crippen molar-refractivity contribution >= 4 is 44.8 Å². The zero-order valence-electron chi connectivity index (χ0n) is 13.1. The summed E-state index contributed by atoms with van der Waals surface area (Å²) in [5, 5.41) is 5.97. The molecule has 0 spiro atoms. The zero-order valence-corrected chi connectivity index (χ0v) is 14.7. The quantitative estimate of drug-likeness (QED) is 0.823. The van der Waals surface area contributed by atoms with Crippen molar-refractivity contribution in [2.75, 3.05) is 28.6 Å². The van der Waals surface area contributed by atoms with E-state index in [2.05, 4.69) is 26.6 Å². The van der Waals surface area contributed by atoms with E-state index < -0.39 is 0 Å². The number of para-hydroxylation sites is 2. The first kappa shape index (κ1) is 16.5. The van der Waals surface area contributed by atoms with Gasteiger partial charge in [0, 0.05) is 23.1 Å². The van der Waals surface area contributed by atoms with E-state index in [9.17, 15) is 9.59 Å². The van der Waals surface area contributed by atoms with Crippen LogP contribution in [0.25, 0.3) is 0 Å². The predicted molar refractivity (Wildman–Crippen MR) is 99.3 cm³/mol. The van der Waals surface area contributed by atoms with Crippen LogP contribution in [0, 0.1) is 0 Å². The van der Waals surface area contributed by atoms with E-state index in [1.54, 1.807) is 4.90 Å². The van der Waals surface area contributed by atoms with Crippen molar-refractivity contribution in [2.45, 2.75) is 12.8 Å². The first-order chi connectivity index (χ1) is 11.6. The SMILES string of the molecule is O=C(CNc1ccccc1N1CCCC1=O)Nc1cccc(Br)c1. The van der Waals surface area contributed by atoms with Crippen LogP contribution >= 0.6 is 15.9 Å². The molecule has 1 aliphatic heterocycles. The van der Waals surface area contributed by atoms with Crippen LogP contribution < -0.4 is 15.5 Å². The van der Waals surface area contributed by atoms with Crippen LogP contribution in [0.5, 0.6) is 0 Å². The molecule has 3 rings (SSSR count).